The fourth-order valence-electron chi connectivity index (χ4n) is 3.32. The van der Waals surface area contributed by atoms with Crippen LogP contribution in [0.25, 0.3) is 17.0 Å². The van der Waals surface area contributed by atoms with Gasteiger partial charge in [-0.2, -0.15) is 0 Å². The number of nitrogens with zero attached hydrogens (tertiary/aromatic N) is 1. The van der Waals surface area contributed by atoms with Gasteiger partial charge in [-0.3, -0.25) is 4.79 Å². The van der Waals surface area contributed by atoms with Gasteiger partial charge in [-0.15, -0.1) is 0 Å². The van der Waals surface area contributed by atoms with Crippen LogP contribution >= 0.6 is 0 Å². The minimum Gasteiger partial charge on any atom is -0.350 e. The normalized spacial score (nSPS) is 17.9. The molecule has 132 valence electrons. The number of hydrogen-bond acceptors (Lipinski definition) is 1. The van der Waals surface area contributed by atoms with Gasteiger partial charge in [-0.1, -0.05) is 18.7 Å². The first-order valence-corrected chi connectivity index (χ1v) is 8.46. The van der Waals surface area contributed by atoms with E-state index in [1.54, 1.807) is 0 Å². The first kappa shape index (κ1) is 17.4. The largest absolute Gasteiger partial charge is 0.350 e. The lowest BCUT2D eigenvalue weighted by molar-refractivity contribution is -0.111. The summed E-state index contributed by atoms with van der Waals surface area (Å²) in [5.74, 6) is -2.56. The van der Waals surface area contributed by atoms with Crippen molar-refractivity contribution in [3.05, 3.63) is 48.7 Å². The Bertz CT molecular complexity index is 826. The summed E-state index contributed by atoms with van der Waals surface area (Å²) >= 11 is 0. The Morgan fingerprint density at radius 2 is 2.08 bits per heavy atom. The second kappa shape index (κ2) is 6.82. The van der Waals surface area contributed by atoms with Crippen LogP contribution in [0.5, 0.6) is 0 Å². The fourth-order valence-corrected chi connectivity index (χ4v) is 3.32. The Hall–Kier alpha value is -2.43. The predicted molar refractivity (Wildman–Crippen MR) is 97.7 cm³/mol. The van der Waals surface area contributed by atoms with E-state index in [-0.39, 0.29) is 24.7 Å². The molecule has 2 aromatic rings. The van der Waals surface area contributed by atoms with Crippen LogP contribution in [0.15, 0.2) is 43.1 Å². The number of nitrogens with one attached hydrogen (secondary N) is 1. The highest BCUT2D eigenvalue weighted by molar-refractivity contribution is 6.01. The Balaban J connectivity index is 1.83. The molecule has 1 aliphatic rings. The van der Waals surface area contributed by atoms with Crippen molar-refractivity contribution in [3.8, 4) is 0 Å². The summed E-state index contributed by atoms with van der Waals surface area (Å²) in [5.41, 5.74) is 2.77. The fraction of sp³-hybridized carbons (Fsp3) is 0.350. The van der Waals surface area contributed by atoms with E-state index >= 15 is 0 Å². The number of aromatic nitrogens is 1. The molecule has 0 bridgehead atoms. The number of amides is 1. The lowest BCUT2D eigenvalue weighted by Crippen LogP contribution is -2.23. The number of benzene rings is 1. The molecule has 1 N–H and O–H groups in total. The molecular formula is C20H22F2N2O. The van der Waals surface area contributed by atoms with Crippen LogP contribution in [0.3, 0.4) is 0 Å². The minimum atomic E-state index is -2.50. The van der Waals surface area contributed by atoms with Crippen LogP contribution in [0, 0.1) is 5.92 Å². The molecule has 25 heavy (non-hydrogen) atoms. The van der Waals surface area contributed by atoms with Crippen molar-refractivity contribution in [2.24, 2.45) is 13.0 Å². The summed E-state index contributed by atoms with van der Waals surface area (Å²) in [4.78, 5) is 11.5. The third kappa shape index (κ3) is 3.98. The standard InChI is InChI=1S/C20H22F2N2O/c1-3-19(25)23-16-6-7-18-17(12-16)15(13-24(18)2)5-4-14-8-10-20(21,22)11-9-14/h3-7,12-14H,1,8-11H2,2H3,(H,23,25)/b5-4+. The molecule has 1 fully saturated rings. The zero-order valence-corrected chi connectivity index (χ0v) is 14.3. The van der Waals surface area contributed by atoms with Gasteiger partial charge in [0.25, 0.3) is 0 Å². The van der Waals surface area contributed by atoms with Crippen molar-refractivity contribution in [3.63, 3.8) is 0 Å². The number of hydrogen-bond donors (Lipinski definition) is 1. The molecule has 1 aromatic heterocycles. The van der Waals surface area contributed by atoms with Crippen LogP contribution < -0.4 is 5.32 Å². The highest BCUT2D eigenvalue weighted by Crippen LogP contribution is 2.37. The van der Waals surface area contributed by atoms with Crippen molar-refractivity contribution >= 4 is 28.6 Å². The van der Waals surface area contributed by atoms with Crippen molar-refractivity contribution in [1.82, 2.24) is 4.57 Å². The average molecular weight is 344 g/mol. The van der Waals surface area contributed by atoms with E-state index in [0.29, 0.717) is 18.5 Å². The lowest BCUT2D eigenvalue weighted by atomic mass is 9.86. The van der Waals surface area contributed by atoms with Gasteiger partial charge in [-0.25, -0.2) is 8.78 Å². The molecule has 0 aliphatic heterocycles. The molecule has 3 rings (SSSR count). The van der Waals surface area contributed by atoms with E-state index in [2.05, 4.69) is 11.9 Å². The van der Waals surface area contributed by atoms with E-state index in [1.165, 1.54) is 6.08 Å². The van der Waals surface area contributed by atoms with Gasteiger partial charge in [0.2, 0.25) is 11.8 Å². The molecule has 1 aromatic carbocycles. The first-order chi connectivity index (χ1) is 11.9. The Kier molecular flexibility index (Phi) is 4.75. The van der Waals surface area contributed by atoms with Gasteiger partial charge in [0.15, 0.2) is 0 Å². The number of rotatable bonds is 4. The van der Waals surface area contributed by atoms with Gasteiger partial charge >= 0.3 is 0 Å². The molecule has 3 nitrogen and oxygen atoms in total. The number of fused-ring (bicyclic) bond motifs is 1. The maximum atomic E-state index is 13.3. The third-order valence-corrected chi connectivity index (χ3v) is 4.78. The van der Waals surface area contributed by atoms with Gasteiger partial charge in [-0.05, 0) is 48.6 Å². The smallest absolute Gasteiger partial charge is 0.248 e. The molecule has 0 saturated heterocycles. The predicted octanol–water partition coefficient (Wildman–Crippen LogP) is 5.14. The Labute approximate surface area is 146 Å². The Morgan fingerprint density at radius 1 is 1.36 bits per heavy atom. The van der Waals surface area contributed by atoms with Crippen molar-refractivity contribution in [2.75, 3.05) is 5.32 Å². The number of aryl methyl sites for hydroxylation is 1. The molecule has 1 aliphatic carbocycles. The van der Waals surface area contributed by atoms with Gasteiger partial charge in [0, 0.05) is 42.7 Å². The minimum absolute atomic E-state index is 0.0325. The third-order valence-electron chi connectivity index (χ3n) is 4.78. The molecule has 1 saturated carbocycles. The molecule has 0 unspecified atom stereocenters. The summed E-state index contributed by atoms with van der Waals surface area (Å²) in [6.45, 7) is 3.45. The highest BCUT2D eigenvalue weighted by Gasteiger charge is 2.33. The number of anilines is 1. The van der Waals surface area contributed by atoms with E-state index in [9.17, 15) is 13.6 Å². The summed E-state index contributed by atoms with van der Waals surface area (Å²) < 4.78 is 28.5. The first-order valence-electron chi connectivity index (χ1n) is 8.46. The number of carbonyl (C=O) groups excluding carboxylic acids is 1. The maximum absolute atomic E-state index is 13.3. The van der Waals surface area contributed by atoms with Gasteiger partial charge < -0.3 is 9.88 Å². The van der Waals surface area contributed by atoms with E-state index < -0.39 is 5.92 Å². The molecule has 0 spiro atoms. The van der Waals surface area contributed by atoms with Crippen molar-refractivity contribution in [1.29, 1.82) is 0 Å². The van der Waals surface area contributed by atoms with Crippen molar-refractivity contribution < 1.29 is 13.6 Å². The molecule has 0 atom stereocenters. The lowest BCUT2D eigenvalue weighted by Gasteiger charge is -2.26. The molecule has 5 heteroatoms. The monoisotopic (exact) mass is 344 g/mol. The quantitative estimate of drug-likeness (QED) is 0.766. The summed E-state index contributed by atoms with van der Waals surface area (Å²) in [7, 11) is 1.96. The zero-order chi connectivity index (χ0) is 18.0. The van der Waals surface area contributed by atoms with E-state index in [0.717, 1.165) is 16.5 Å². The van der Waals surface area contributed by atoms with E-state index in [4.69, 9.17) is 0 Å². The molecule has 1 amide bonds. The molecule has 1 heterocycles. The Morgan fingerprint density at radius 3 is 2.76 bits per heavy atom. The summed E-state index contributed by atoms with van der Waals surface area (Å²) in [6.07, 6.45) is 8.27. The van der Waals surface area contributed by atoms with E-state index in [1.807, 2.05) is 48.2 Å². The number of allylic oxidation sites excluding steroid dienone is 1. The number of halogens is 2. The van der Waals surface area contributed by atoms with Gasteiger partial charge in [0.05, 0.1) is 0 Å². The molecular weight excluding hydrogens is 322 g/mol. The topological polar surface area (TPSA) is 34.0 Å². The SMILES string of the molecule is C=CC(=O)Nc1ccc2c(c1)c(/C=C/C1CCC(F)(F)CC1)cn2C. The highest BCUT2D eigenvalue weighted by atomic mass is 19.3. The van der Waals surface area contributed by atoms with Crippen LogP contribution in [0.1, 0.15) is 31.2 Å². The second-order valence-corrected chi connectivity index (χ2v) is 6.67. The summed E-state index contributed by atoms with van der Waals surface area (Å²) in [5, 5.41) is 3.78. The maximum Gasteiger partial charge on any atom is 0.248 e. The van der Waals surface area contributed by atoms with Crippen molar-refractivity contribution in [2.45, 2.75) is 31.6 Å². The van der Waals surface area contributed by atoms with Crippen LogP contribution in [-0.2, 0) is 11.8 Å². The van der Waals surface area contributed by atoms with Gasteiger partial charge in [0.1, 0.15) is 0 Å². The van der Waals surface area contributed by atoms with Crippen LogP contribution in [-0.4, -0.2) is 16.4 Å². The summed E-state index contributed by atoms with van der Waals surface area (Å²) in [6, 6.07) is 5.72. The van der Waals surface area contributed by atoms with Crippen LogP contribution in [0.2, 0.25) is 0 Å². The van der Waals surface area contributed by atoms with Crippen LogP contribution in [0.4, 0.5) is 14.5 Å². The molecule has 0 radical (unpaired) electrons. The number of carbonyl (C=O) groups is 1. The average Bonchev–Trinajstić information content (AvgIpc) is 2.89. The zero-order valence-electron chi connectivity index (χ0n) is 14.3. The second-order valence-electron chi connectivity index (χ2n) is 6.67. The number of alkyl halides is 2.